The molecule has 1 saturated heterocycles. The van der Waals surface area contributed by atoms with Gasteiger partial charge in [0.1, 0.15) is 0 Å². The van der Waals surface area contributed by atoms with Crippen LogP contribution in [-0.2, 0) is 16.4 Å². The first kappa shape index (κ1) is 12.8. The number of nitrogens with zero attached hydrogens (tertiary/aromatic N) is 2. The first-order valence-electron chi connectivity index (χ1n) is 5.58. The maximum atomic E-state index is 11.5. The molecule has 96 valence electrons. The maximum absolute atomic E-state index is 11.5. The molecule has 5 nitrogen and oxygen atoms in total. The number of anilines is 1. The number of aromatic nitrogens is 1. The second-order valence-electron chi connectivity index (χ2n) is 4.30. The van der Waals surface area contributed by atoms with Gasteiger partial charge in [0.25, 0.3) is 0 Å². The molecule has 2 rings (SSSR count). The van der Waals surface area contributed by atoms with E-state index in [2.05, 4.69) is 15.2 Å². The van der Waals surface area contributed by atoms with Crippen LogP contribution in [0.4, 0.5) is 5.13 Å². The fourth-order valence-electron chi connectivity index (χ4n) is 1.97. The molecule has 1 aliphatic heterocycles. The highest BCUT2D eigenvalue weighted by Crippen LogP contribution is 2.26. The van der Waals surface area contributed by atoms with Gasteiger partial charge in [-0.25, -0.2) is 13.4 Å². The van der Waals surface area contributed by atoms with Gasteiger partial charge in [0.05, 0.1) is 11.5 Å². The molecule has 1 aromatic heterocycles. The normalized spacial score (nSPS) is 23.9. The Morgan fingerprint density at radius 2 is 2.41 bits per heavy atom. The third kappa shape index (κ3) is 2.97. The number of sulfone groups is 1. The second-order valence-corrected chi connectivity index (χ2v) is 7.62. The lowest BCUT2D eigenvalue weighted by Crippen LogP contribution is -2.46. The zero-order valence-electron chi connectivity index (χ0n) is 10.0. The smallest absolute Gasteiger partial charge is 0.185 e. The molecule has 0 spiro atoms. The van der Waals surface area contributed by atoms with Gasteiger partial charge in [0.15, 0.2) is 15.0 Å². The van der Waals surface area contributed by atoms with Gasteiger partial charge in [-0.1, -0.05) is 0 Å². The summed E-state index contributed by atoms with van der Waals surface area (Å²) in [6.07, 6.45) is 1.85. The first-order chi connectivity index (χ1) is 8.02. The summed E-state index contributed by atoms with van der Waals surface area (Å²) in [5.41, 5.74) is 0. The van der Waals surface area contributed by atoms with Gasteiger partial charge in [-0.3, -0.25) is 0 Å². The van der Waals surface area contributed by atoms with Crippen LogP contribution in [0.2, 0.25) is 0 Å². The zero-order valence-corrected chi connectivity index (χ0v) is 11.6. The Kier molecular flexibility index (Phi) is 3.70. The van der Waals surface area contributed by atoms with E-state index in [0.717, 1.165) is 11.7 Å². The van der Waals surface area contributed by atoms with Gasteiger partial charge in [0.2, 0.25) is 0 Å². The van der Waals surface area contributed by atoms with Gasteiger partial charge in [-0.15, -0.1) is 11.3 Å². The molecular weight excluding hydrogens is 258 g/mol. The number of hydrogen-bond acceptors (Lipinski definition) is 6. The van der Waals surface area contributed by atoms with Crippen molar-refractivity contribution in [1.82, 2.24) is 10.3 Å². The summed E-state index contributed by atoms with van der Waals surface area (Å²) in [5, 5.41) is 4.01. The standard InChI is InChI=1S/C10H17N3O2S2/c1-8-7-17(14,15)4-3-13(8)10-12-6-9(16-10)5-11-2/h6,8,11H,3-5,7H2,1-2H3. The van der Waals surface area contributed by atoms with E-state index >= 15 is 0 Å². The highest BCUT2D eigenvalue weighted by atomic mass is 32.2. The van der Waals surface area contributed by atoms with Crippen molar-refractivity contribution in [3.63, 3.8) is 0 Å². The van der Waals surface area contributed by atoms with E-state index in [9.17, 15) is 8.42 Å². The van der Waals surface area contributed by atoms with Crippen molar-refractivity contribution in [1.29, 1.82) is 0 Å². The average molecular weight is 275 g/mol. The number of hydrogen-bond donors (Lipinski definition) is 1. The molecule has 0 amide bonds. The van der Waals surface area contributed by atoms with Gasteiger partial charge in [-0.2, -0.15) is 0 Å². The van der Waals surface area contributed by atoms with E-state index in [1.165, 1.54) is 4.88 Å². The average Bonchev–Trinajstić information content (AvgIpc) is 2.65. The van der Waals surface area contributed by atoms with Gasteiger partial charge < -0.3 is 10.2 Å². The lowest BCUT2D eigenvalue weighted by Gasteiger charge is -2.32. The molecule has 1 unspecified atom stereocenters. The van der Waals surface area contributed by atoms with Gasteiger partial charge >= 0.3 is 0 Å². The van der Waals surface area contributed by atoms with Crippen molar-refractivity contribution >= 4 is 26.3 Å². The van der Waals surface area contributed by atoms with Crippen molar-refractivity contribution in [2.24, 2.45) is 0 Å². The predicted octanol–water partition coefficient (Wildman–Crippen LogP) is 0.486. The number of thiazole rings is 1. The molecule has 0 bridgehead atoms. The summed E-state index contributed by atoms with van der Waals surface area (Å²) in [5.74, 6) is 0.465. The summed E-state index contributed by atoms with van der Waals surface area (Å²) >= 11 is 1.63. The van der Waals surface area contributed by atoms with E-state index in [4.69, 9.17) is 0 Å². The Labute approximate surface area is 106 Å². The Bertz CT molecular complexity index is 483. The molecule has 0 radical (unpaired) electrons. The summed E-state index contributed by atoms with van der Waals surface area (Å²) in [6.45, 7) is 3.30. The molecule has 0 aromatic carbocycles. The van der Waals surface area contributed by atoms with Crippen LogP contribution in [0.25, 0.3) is 0 Å². The quantitative estimate of drug-likeness (QED) is 0.869. The minimum atomic E-state index is -2.85. The van der Waals surface area contributed by atoms with Gasteiger partial charge in [0, 0.05) is 30.2 Å². The molecule has 17 heavy (non-hydrogen) atoms. The second kappa shape index (κ2) is 4.91. The summed E-state index contributed by atoms with van der Waals surface area (Å²) in [7, 11) is -0.955. The van der Waals surface area contributed by atoms with Crippen LogP contribution < -0.4 is 10.2 Å². The van der Waals surface area contributed by atoms with E-state index in [1.54, 1.807) is 11.3 Å². The Morgan fingerprint density at radius 1 is 1.65 bits per heavy atom. The van der Waals surface area contributed by atoms with Crippen LogP contribution in [0.3, 0.4) is 0 Å². The van der Waals surface area contributed by atoms with Crippen LogP contribution >= 0.6 is 11.3 Å². The molecule has 2 heterocycles. The van der Waals surface area contributed by atoms with Crippen molar-refractivity contribution in [2.75, 3.05) is 30.0 Å². The van der Waals surface area contributed by atoms with Crippen molar-refractivity contribution in [3.05, 3.63) is 11.1 Å². The summed E-state index contributed by atoms with van der Waals surface area (Å²) in [6, 6.07) is 0.0161. The third-order valence-electron chi connectivity index (χ3n) is 2.81. The maximum Gasteiger partial charge on any atom is 0.185 e. The van der Waals surface area contributed by atoms with Crippen molar-refractivity contribution in [3.8, 4) is 0 Å². The third-order valence-corrected chi connectivity index (χ3v) is 5.64. The highest BCUT2D eigenvalue weighted by molar-refractivity contribution is 7.91. The molecule has 0 aliphatic carbocycles. The lowest BCUT2D eigenvalue weighted by molar-refractivity contribution is 0.568. The Balaban J connectivity index is 2.12. The molecular formula is C10H17N3O2S2. The van der Waals surface area contributed by atoms with Crippen LogP contribution in [0.1, 0.15) is 11.8 Å². The van der Waals surface area contributed by atoms with E-state index in [1.807, 2.05) is 20.2 Å². The molecule has 1 aliphatic rings. The molecule has 1 aromatic rings. The SMILES string of the molecule is CNCc1cnc(N2CCS(=O)(=O)CC2C)s1. The van der Waals surface area contributed by atoms with Gasteiger partial charge in [-0.05, 0) is 14.0 Å². The number of nitrogens with one attached hydrogen (secondary N) is 1. The van der Waals surface area contributed by atoms with Crippen LogP contribution in [0.5, 0.6) is 0 Å². The van der Waals surface area contributed by atoms with Crippen molar-refractivity contribution < 1.29 is 8.42 Å². The predicted molar refractivity (Wildman–Crippen MR) is 70.3 cm³/mol. The fourth-order valence-corrected chi connectivity index (χ4v) is 4.58. The highest BCUT2D eigenvalue weighted by Gasteiger charge is 2.29. The van der Waals surface area contributed by atoms with E-state index in [0.29, 0.717) is 6.54 Å². The molecule has 1 fully saturated rings. The lowest BCUT2D eigenvalue weighted by atomic mass is 10.3. The summed E-state index contributed by atoms with van der Waals surface area (Å²) < 4.78 is 23.0. The topological polar surface area (TPSA) is 62.3 Å². The van der Waals surface area contributed by atoms with Crippen LogP contribution in [-0.4, -0.2) is 44.5 Å². The van der Waals surface area contributed by atoms with Crippen LogP contribution in [0, 0.1) is 0 Å². The largest absolute Gasteiger partial charge is 0.343 e. The summed E-state index contributed by atoms with van der Waals surface area (Å²) in [4.78, 5) is 7.62. The fraction of sp³-hybridized carbons (Fsp3) is 0.700. The zero-order chi connectivity index (χ0) is 12.5. The van der Waals surface area contributed by atoms with Crippen LogP contribution in [0.15, 0.2) is 6.20 Å². The minimum absolute atomic E-state index is 0.0161. The number of rotatable bonds is 3. The molecule has 1 atom stereocenters. The van der Waals surface area contributed by atoms with Crippen molar-refractivity contribution in [2.45, 2.75) is 19.5 Å². The minimum Gasteiger partial charge on any atom is -0.343 e. The molecule has 7 heteroatoms. The molecule has 1 N–H and O–H groups in total. The van der Waals surface area contributed by atoms with E-state index < -0.39 is 9.84 Å². The Hall–Kier alpha value is -0.660. The van der Waals surface area contributed by atoms with E-state index in [-0.39, 0.29) is 17.5 Å². The Morgan fingerprint density at radius 3 is 3.06 bits per heavy atom. The first-order valence-corrected chi connectivity index (χ1v) is 8.22. The molecule has 0 saturated carbocycles. The monoisotopic (exact) mass is 275 g/mol.